The standard InChI is InChI=1S/C12H21N3O/c1-4-6-13-11(3)5-7-15-9-10(2)8-14-12(15)16/h8-9,11,13H,4-7H2,1-3H3. The van der Waals surface area contributed by atoms with Gasteiger partial charge in [0.25, 0.3) is 0 Å². The van der Waals surface area contributed by atoms with Gasteiger partial charge in [0.1, 0.15) is 0 Å². The molecule has 90 valence electrons. The largest absolute Gasteiger partial charge is 0.347 e. The van der Waals surface area contributed by atoms with Crippen molar-refractivity contribution >= 4 is 0 Å². The van der Waals surface area contributed by atoms with E-state index in [9.17, 15) is 4.79 Å². The van der Waals surface area contributed by atoms with Crippen molar-refractivity contribution in [1.82, 2.24) is 14.9 Å². The molecule has 16 heavy (non-hydrogen) atoms. The van der Waals surface area contributed by atoms with Crippen LogP contribution in [-0.2, 0) is 6.54 Å². The van der Waals surface area contributed by atoms with Crippen LogP contribution in [-0.4, -0.2) is 22.1 Å². The molecule has 0 aromatic carbocycles. The summed E-state index contributed by atoms with van der Waals surface area (Å²) < 4.78 is 1.68. The summed E-state index contributed by atoms with van der Waals surface area (Å²) >= 11 is 0. The summed E-state index contributed by atoms with van der Waals surface area (Å²) in [7, 11) is 0. The van der Waals surface area contributed by atoms with Crippen LogP contribution >= 0.6 is 0 Å². The Hall–Kier alpha value is -1.16. The lowest BCUT2D eigenvalue weighted by Crippen LogP contribution is -2.30. The molecule has 0 bridgehead atoms. The predicted molar refractivity (Wildman–Crippen MR) is 65.6 cm³/mol. The third-order valence-electron chi connectivity index (χ3n) is 2.53. The van der Waals surface area contributed by atoms with Crippen molar-refractivity contribution < 1.29 is 0 Å². The first-order valence-corrected chi connectivity index (χ1v) is 5.90. The maximum atomic E-state index is 11.4. The Kier molecular flexibility index (Phi) is 5.19. The molecular formula is C12H21N3O. The lowest BCUT2D eigenvalue weighted by molar-refractivity contribution is 0.468. The zero-order valence-electron chi connectivity index (χ0n) is 10.4. The van der Waals surface area contributed by atoms with E-state index in [-0.39, 0.29) is 5.69 Å². The van der Waals surface area contributed by atoms with Gasteiger partial charge in [0.2, 0.25) is 0 Å². The number of nitrogens with one attached hydrogen (secondary N) is 1. The van der Waals surface area contributed by atoms with Gasteiger partial charge in [-0.25, -0.2) is 9.78 Å². The van der Waals surface area contributed by atoms with E-state index in [2.05, 4.69) is 24.1 Å². The van der Waals surface area contributed by atoms with E-state index in [1.54, 1.807) is 10.8 Å². The molecule has 0 fully saturated rings. The normalized spacial score (nSPS) is 12.7. The van der Waals surface area contributed by atoms with Gasteiger partial charge in [0, 0.05) is 25.0 Å². The van der Waals surface area contributed by atoms with Crippen molar-refractivity contribution in [2.75, 3.05) is 6.54 Å². The number of hydrogen-bond donors (Lipinski definition) is 1. The van der Waals surface area contributed by atoms with Crippen molar-refractivity contribution in [3.8, 4) is 0 Å². The van der Waals surface area contributed by atoms with Crippen LogP contribution in [0, 0.1) is 6.92 Å². The molecule has 0 amide bonds. The molecule has 4 nitrogen and oxygen atoms in total. The number of aryl methyl sites for hydroxylation is 2. The van der Waals surface area contributed by atoms with Crippen LogP contribution in [0.1, 0.15) is 32.3 Å². The molecule has 0 spiro atoms. The van der Waals surface area contributed by atoms with E-state index in [1.165, 1.54) is 0 Å². The molecule has 4 heteroatoms. The first-order valence-electron chi connectivity index (χ1n) is 5.90. The molecule has 0 saturated heterocycles. The summed E-state index contributed by atoms with van der Waals surface area (Å²) in [5.41, 5.74) is 0.863. The summed E-state index contributed by atoms with van der Waals surface area (Å²) in [6.07, 6.45) is 5.56. The minimum atomic E-state index is -0.159. The Morgan fingerprint density at radius 1 is 1.56 bits per heavy atom. The highest BCUT2D eigenvalue weighted by atomic mass is 16.1. The fraction of sp³-hybridized carbons (Fsp3) is 0.667. The molecule has 0 saturated carbocycles. The van der Waals surface area contributed by atoms with Crippen LogP contribution in [0.2, 0.25) is 0 Å². The second kappa shape index (κ2) is 6.43. The highest BCUT2D eigenvalue weighted by Crippen LogP contribution is 1.96. The molecule has 1 aromatic rings. The van der Waals surface area contributed by atoms with E-state index in [0.717, 1.165) is 31.5 Å². The van der Waals surface area contributed by atoms with Gasteiger partial charge in [-0.2, -0.15) is 0 Å². The average molecular weight is 223 g/mol. The summed E-state index contributed by atoms with van der Waals surface area (Å²) in [5, 5.41) is 3.40. The minimum absolute atomic E-state index is 0.159. The lowest BCUT2D eigenvalue weighted by atomic mass is 10.2. The van der Waals surface area contributed by atoms with Crippen LogP contribution in [0.3, 0.4) is 0 Å². The maximum Gasteiger partial charge on any atom is 0.347 e. The molecule has 1 unspecified atom stereocenters. The monoisotopic (exact) mass is 223 g/mol. The third kappa shape index (κ3) is 4.14. The quantitative estimate of drug-likeness (QED) is 0.791. The Balaban J connectivity index is 2.48. The van der Waals surface area contributed by atoms with Gasteiger partial charge >= 0.3 is 5.69 Å². The van der Waals surface area contributed by atoms with E-state index in [1.807, 2.05) is 13.1 Å². The number of hydrogen-bond acceptors (Lipinski definition) is 3. The van der Waals surface area contributed by atoms with Gasteiger partial charge in [0.15, 0.2) is 0 Å². The number of aromatic nitrogens is 2. The topological polar surface area (TPSA) is 46.9 Å². The van der Waals surface area contributed by atoms with Crippen molar-refractivity contribution in [1.29, 1.82) is 0 Å². The van der Waals surface area contributed by atoms with Crippen molar-refractivity contribution in [2.24, 2.45) is 0 Å². The third-order valence-corrected chi connectivity index (χ3v) is 2.53. The Labute approximate surface area is 96.7 Å². The molecule has 0 aliphatic heterocycles. The average Bonchev–Trinajstić information content (AvgIpc) is 2.27. The molecule has 1 aromatic heterocycles. The van der Waals surface area contributed by atoms with Gasteiger partial charge in [-0.15, -0.1) is 0 Å². The molecule has 1 atom stereocenters. The highest BCUT2D eigenvalue weighted by molar-refractivity contribution is 4.99. The predicted octanol–water partition coefficient (Wildman–Crippen LogP) is 1.33. The summed E-state index contributed by atoms with van der Waals surface area (Å²) in [4.78, 5) is 15.2. The van der Waals surface area contributed by atoms with E-state index >= 15 is 0 Å². The number of nitrogens with zero attached hydrogens (tertiary/aromatic N) is 2. The first kappa shape index (κ1) is 12.9. The molecule has 1 heterocycles. The summed E-state index contributed by atoms with van der Waals surface area (Å²) in [5.74, 6) is 0. The van der Waals surface area contributed by atoms with Crippen molar-refractivity contribution in [2.45, 2.75) is 46.2 Å². The first-order chi connectivity index (χ1) is 7.63. The van der Waals surface area contributed by atoms with Crippen molar-refractivity contribution in [3.63, 3.8) is 0 Å². The smallest absolute Gasteiger partial charge is 0.314 e. The van der Waals surface area contributed by atoms with Crippen LogP contribution in [0.5, 0.6) is 0 Å². The SMILES string of the molecule is CCCNC(C)CCn1cc(C)cnc1=O. The Morgan fingerprint density at radius 3 is 3.00 bits per heavy atom. The second-order valence-electron chi connectivity index (χ2n) is 4.25. The van der Waals surface area contributed by atoms with Gasteiger partial charge in [-0.05, 0) is 38.8 Å². The van der Waals surface area contributed by atoms with Crippen LogP contribution in [0.25, 0.3) is 0 Å². The fourth-order valence-electron chi connectivity index (χ4n) is 1.55. The van der Waals surface area contributed by atoms with Gasteiger partial charge in [-0.1, -0.05) is 6.92 Å². The van der Waals surface area contributed by atoms with E-state index < -0.39 is 0 Å². The van der Waals surface area contributed by atoms with Crippen LogP contribution < -0.4 is 11.0 Å². The zero-order chi connectivity index (χ0) is 12.0. The molecule has 1 N–H and O–H groups in total. The highest BCUT2D eigenvalue weighted by Gasteiger charge is 2.02. The number of rotatable bonds is 6. The molecule has 1 rings (SSSR count). The van der Waals surface area contributed by atoms with Gasteiger partial charge in [-0.3, -0.25) is 4.57 Å². The van der Waals surface area contributed by atoms with E-state index in [0.29, 0.717) is 6.04 Å². The molecule has 0 radical (unpaired) electrons. The van der Waals surface area contributed by atoms with Crippen LogP contribution in [0.15, 0.2) is 17.2 Å². The molecule has 0 aliphatic rings. The van der Waals surface area contributed by atoms with Crippen LogP contribution in [0.4, 0.5) is 0 Å². The minimum Gasteiger partial charge on any atom is -0.314 e. The zero-order valence-corrected chi connectivity index (χ0v) is 10.4. The molecular weight excluding hydrogens is 202 g/mol. The lowest BCUT2D eigenvalue weighted by Gasteiger charge is -2.13. The Morgan fingerprint density at radius 2 is 2.31 bits per heavy atom. The van der Waals surface area contributed by atoms with E-state index in [4.69, 9.17) is 0 Å². The summed E-state index contributed by atoms with van der Waals surface area (Å²) in [6.45, 7) is 7.99. The van der Waals surface area contributed by atoms with Gasteiger partial charge < -0.3 is 5.32 Å². The van der Waals surface area contributed by atoms with Gasteiger partial charge in [0.05, 0.1) is 0 Å². The van der Waals surface area contributed by atoms with Crippen molar-refractivity contribution in [3.05, 3.63) is 28.4 Å². The molecule has 0 aliphatic carbocycles. The fourth-order valence-corrected chi connectivity index (χ4v) is 1.55. The summed E-state index contributed by atoms with van der Waals surface area (Å²) in [6, 6.07) is 0.437. The second-order valence-corrected chi connectivity index (χ2v) is 4.25. The maximum absolute atomic E-state index is 11.4. The Bertz CT molecular complexity index is 373.